The molecular weight excluding hydrogens is 166 g/mol. The van der Waals surface area contributed by atoms with Gasteiger partial charge >= 0.3 is 0 Å². The normalized spacial score (nSPS) is 13.0. The minimum absolute atomic E-state index is 0.295. The summed E-state index contributed by atoms with van der Waals surface area (Å²) in [5.74, 6) is 1.11. The molecule has 4 heteroatoms. The average Bonchev–Trinajstić information content (AvgIpc) is 2.39. The van der Waals surface area contributed by atoms with Crippen LogP contribution in [0.2, 0.25) is 0 Å². The van der Waals surface area contributed by atoms with Gasteiger partial charge in [-0.2, -0.15) is 5.10 Å². The SMILES string of the molecule is COc1c(C(C)CN)c(C)nn1C. The Labute approximate surface area is 78.7 Å². The predicted octanol–water partition coefficient (Wildman–Crippen LogP) is 0.799. The van der Waals surface area contributed by atoms with Gasteiger partial charge in [-0.1, -0.05) is 6.92 Å². The molecule has 0 aromatic carbocycles. The lowest BCUT2D eigenvalue weighted by Crippen LogP contribution is -2.10. The highest BCUT2D eigenvalue weighted by Crippen LogP contribution is 2.28. The van der Waals surface area contributed by atoms with Gasteiger partial charge in [0.15, 0.2) is 0 Å². The second kappa shape index (κ2) is 3.79. The van der Waals surface area contributed by atoms with Gasteiger partial charge in [0.05, 0.1) is 12.8 Å². The van der Waals surface area contributed by atoms with Crippen LogP contribution in [-0.4, -0.2) is 23.4 Å². The molecule has 0 radical (unpaired) electrons. The summed E-state index contributed by atoms with van der Waals surface area (Å²) in [6, 6.07) is 0. The number of nitrogens with two attached hydrogens (primary N) is 1. The van der Waals surface area contributed by atoms with Gasteiger partial charge in [-0.05, 0) is 13.5 Å². The zero-order valence-corrected chi connectivity index (χ0v) is 8.66. The molecule has 74 valence electrons. The number of hydrogen-bond donors (Lipinski definition) is 1. The van der Waals surface area contributed by atoms with Gasteiger partial charge in [0.1, 0.15) is 0 Å². The first kappa shape index (κ1) is 10.1. The third-order valence-corrected chi connectivity index (χ3v) is 2.25. The Kier molecular flexibility index (Phi) is 2.93. The smallest absolute Gasteiger partial charge is 0.215 e. The summed E-state index contributed by atoms with van der Waals surface area (Å²) in [4.78, 5) is 0. The fraction of sp³-hybridized carbons (Fsp3) is 0.667. The molecule has 0 bridgehead atoms. The molecule has 0 aliphatic carbocycles. The van der Waals surface area contributed by atoms with E-state index >= 15 is 0 Å². The van der Waals surface area contributed by atoms with E-state index in [2.05, 4.69) is 12.0 Å². The van der Waals surface area contributed by atoms with Crippen molar-refractivity contribution < 1.29 is 4.74 Å². The fourth-order valence-electron chi connectivity index (χ4n) is 1.58. The average molecular weight is 183 g/mol. The van der Waals surface area contributed by atoms with Crippen LogP contribution < -0.4 is 10.5 Å². The van der Waals surface area contributed by atoms with Gasteiger partial charge in [-0.25, -0.2) is 4.68 Å². The van der Waals surface area contributed by atoms with Gasteiger partial charge in [0, 0.05) is 18.5 Å². The Balaban J connectivity index is 3.16. The summed E-state index contributed by atoms with van der Waals surface area (Å²) in [6.07, 6.45) is 0. The number of aryl methyl sites for hydroxylation is 2. The molecule has 0 amide bonds. The maximum atomic E-state index is 5.61. The first-order chi connectivity index (χ1) is 6.11. The van der Waals surface area contributed by atoms with Gasteiger partial charge in [0.2, 0.25) is 5.88 Å². The van der Waals surface area contributed by atoms with E-state index in [9.17, 15) is 0 Å². The highest BCUT2D eigenvalue weighted by atomic mass is 16.5. The van der Waals surface area contributed by atoms with Crippen LogP contribution in [0.1, 0.15) is 24.1 Å². The van der Waals surface area contributed by atoms with Crippen molar-refractivity contribution in [1.29, 1.82) is 0 Å². The molecule has 0 aliphatic heterocycles. The summed E-state index contributed by atoms with van der Waals surface area (Å²) in [6.45, 7) is 4.67. The highest BCUT2D eigenvalue weighted by molar-refractivity contribution is 5.34. The molecule has 0 saturated carbocycles. The lowest BCUT2D eigenvalue weighted by Gasteiger charge is -2.09. The molecule has 1 aromatic rings. The molecule has 13 heavy (non-hydrogen) atoms. The summed E-state index contributed by atoms with van der Waals surface area (Å²) in [5, 5.41) is 4.29. The van der Waals surface area contributed by atoms with E-state index in [0.717, 1.165) is 17.1 Å². The van der Waals surface area contributed by atoms with Crippen molar-refractivity contribution in [2.45, 2.75) is 19.8 Å². The number of methoxy groups -OCH3 is 1. The van der Waals surface area contributed by atoms with E-state index in [1.54, 1.807) is 11.8 Å². The van der Waals surface area contributed by atoms with Crippen LogP contribution in [0.25, 0.3) is 0 Å². The van der Waals surface area contributed by atoms with Crippen molar-refractivity contribution in [3.8, 4) is 5.88 Å². The van der Waals surface area contributed by atoms with E-state index in [0.29, 0.717) is 12.5 Å². The molecule has 0 aliphatic rings. The lowest BCUT2D eigenvalue weighted by atomic mass is 10.0. The van der Waals surface area contributed by atoms with E-state index in [-0.39, 0.29) is 0 Å². The van der Waals surface area contributed by atoms with E-state index < -0.39 is 0 Å². The number of hydrogen-bond acceptors (Lipinski definition) is 3. The summed E-state index contributed by atoms with van der Waals surface area (Å²) in [5.41, 5.74) is 7.73. The number of rotatable bonds is 3. The second-order valence-corrected chi connectivity index (χ2v) is 3.27. The Bertz CT molecular complexity index is 293. The van der Waals surface area contributed by atoms with E-state index in [4.69, 9.17) is 10.5 Å². The minimum atomic E-state index is 0.295. The van der Waals surface area contributed by atoms with Crippen molar-refractivity contribution >= 4 is 0 Å². The molecule has 0 saturated heterocycles. The first-order valence-corrected chi connectivity index (χ1v) is 4.39. The number of ether oxygens (including phenoxy) is 1. The molecule has 0 spiro atoms. The largest absolute Gasteiger partial charge is 0.481 e. The maximum Gasteiger partial charge on any atom is 0.215 e. The number of aromatic nitrogens is 2. The van der Waals surface area contributed by atoms with Crippen LogP contribution in [0, 0.1) is 6.92 Å². The Hall–Kier alpha value is -1.03. The summed E-state index contributed by atoms with van der Waals surface area (Å²) >= 11 is 0. The second-order valence-electron chi connectivity index (χ2n) is 3.27. The van der Waals surface area contributed by atoms with Gasteiger partial charge in [-0.15, -0.1) is 0 Å². The summed E-state index contributed by atoms with van der Waals surface area (Å²) < 4.78 is 7.01. The summed E-state index contributed by atoms with van der Waals surface area (Å²) in [7, 11) is 3.53. The van der Waals surface area contributed by atoms with E-state index in [1.807, 2.05) is 14.0 Å². The van der Waals surface area contributed by atoms with Crippen LogP contribution in [0.3, 0.4) is 0 Å². The van der Waals surface area contributed by atoms with Crippen molar-refractivity contribution in [3.05, 3.63) is 11.3 Å². The Morgan fingerprint density at radius 1 is 1.62 bits per heavy atom. The molecule has 2 N–H and O–H groups in total. The minimum Gasteiger partial charge on any atom is -0.481 e. The van der Waals surface area contributed by atoms with Gasteiger partial charge < -0.3 is 10.5 Å². The fourth-order valence-corrected chi connectivity index (χ4v) is 1.58. The Morgan fingerprint density at radius 3 is 2.69 bits per heavy atom. The zero-order chi connectivity index (χ0) is 10.0. The molecule has 0 fully saturated rings. The van der Waals surface area contributed by atoms with Crippen LogP contribution >= 0.6 is 0 Å². The highest BCUT2D eigenvalue weighted by Gasteiger charge is 2.18. The van der Waals surface area contributed by atoms with Gasteiger partial charge in [0.25, 0.3) is 0 Å². The van der Waals surface area contributed by atoms with Crippen LogP contribution in [-0.2, 0) is 7.05 Å². The maximum absolute atomic E-state index is 5.61. The molecule has 1 heterocycles. The lowest BCUT2D eigenvalue weighted by molar-refractivity contribution is 0.367. The monoisotopic (exact) mass is 183 g/mol. The third kappa shape index (κ3) is 1.67. The molecule has 1 rings (SSSR count). The molecule has 1 aromatic heterocycles. The standard InChI is InChI=1S/C9H17N3O/c1-6(5-10)8-7(2)11-12(3)9(8)13-4/h6H,5,10H2,1-4H3. The molecular formula is C9H17N3O. The molecule has 1 unspecified atom stereocenters. The quantitative estimate of drug-likeness (QED) is 0.754. The van der Waals surface area contributed by atoms with Gasteiger partial charge in [-0.3, -0.25) is 0 Å². The van der Waals surface area contributed by atoms with Crippen LogP contribution in [0.15, 0.2) is 0 Å². The van der Waals surface area contributed by atoms with Crippen molar-refractivity contribution in [2.75, 3.05) is 13.7 Å². The Morgan fingerprint density at radius 2 is 2.23 bits per heavy atom. The third-order valence-electron chi connectivity index (χ3n) is 2.25. The van der Waals surface area contributed by atoms with E-state index in [1.165, 1.54) is 0 Å². The van der Waals surface area contributed by atoms with Crippen LogP contribution in [0.5, 0.6) is 5.88 Å². The molecule has 1 atom stereocenters. The zero-order valence-electron chi connectivity index (χ0n) is 8.66. The predicted molar refractivity (Wildman–Crippen MR) is 52.0 cm³/mol. The first-order valence-electron chi connectivity index (χ1n) is 4.39. The van der Waals surface area contributed by atoms with Crippen molar-refractivity contribution in [1.82, 2.24) is 9.78 Å². The van der Waals surface area contributed by atoms with Crippen molar-refractivity contribution in [2.24, 2.45) is 12.8 Å². The molecule has 4 nitrogen and oxygen atoms in total. The van der Waals surface area contributed by atoms with Crippen molar-refractivity contribution in [3.63, 3.8) is 0 Å². The van der Waals surface area contributed by atoms with Crippen LogP contribution in [0.4, 0.5) is 0 Å². The number of nitrogens with zero attached hydrogens (tertiary/aromatic N) is 2. The topological polar surface area (TPSA) is 53.1 Å².